The van der Waals surface area contributed by atoms with Gasteiger partial charge < -0.3 is 19.2 Å². The Hall–Kier alpha value is -3.62. The number of furan rings is 1. The van der Waals surface area contributed by atoms with Crippen molar-refractivity contribution >= 4 is 23.0 Å². The second-order valence-corrected chi connectivity index (χ2v) is 10.1. The molecule has 192 valence electrons. The number of aryl methyl sites for hydroxylation is 2. The molecule has 0 radical (unpaired) electrons. The molecular formula is C27H30F2N2O5. The number of nitrogens with zero attached hydrogens (tertiary/aromatic N) is 1. The van der Waals surface area contributed by atoms with Crippen molar-refractivity contribution in [1.82, 2.24) is 10.2 Å². The maximum atomic E-state index is 14.8. The summed E-state index contributed by atoms with van der Waals surface area (Å²) in [6.45, 7) is 7.53. The van der Waals surface area contributed by atoms with Gasteiger partial charge in [0.1, 0.15) is 35.3 Å². The number of carbonyl (C=O) groups excluding carboxylic acids is 2. The van der Waals surface area contributed by atoms with E-state index >= 15 is 0 Å². The maximum Gasteiger partial charge on any atom is 0.410 e. The van der Waals surface area contributed by atoms with Gasteiger partial charge in [0, 0.05) is 5.39 Å². The topological polar surface area (TPSA) is 81.0 Å². The number of ether oxygens (including phenoxy) is 2. The van der Waals surface area contributed by atoms with Crippen molar-refractivity contribution in [3.63, 3.8) is 0 Å². The van der Waals surface area contributed by atoms with Gasteiger partial charge in [0.25, 0.3) is 11.8 Å². The molecule has 0 aliphatic carbocycles. The second-order valence-electron chi connectivity index (χ2n) is 10.1. The van der Waals surface area contributed by atoms with Crippen molar-refractivity contribution in [1.29, 1.82) is 0 Å². The number of amides is 2. The first-order valence-corrected chi connectivity index (χ1v) is 11.7. The number of benzene rings is 2. The highest BCUT2D eigenvalue weighted by atomic mass is 19.3. The monoisotopic (exact) mass is 500 g/mol. The molecule has 0 spiro atoms. The normalized spacial score (nSPS) is 17.3. The van der Waals surface area contributed by atoms with Crippen molar-refractivity contribution in [2.75, 3.05) is 13.1 Å². The summed E-state index contributed by atoms with van der Waals surface area (Å²) in [5.74, 6) is -3.20. The van der Waals surface area contributed by atoms with Gasteiger partial charge in [0.15, 0.2) is 0 Å². The molecule has 36 heavy (non-hydrogen) atoms. The van der Waals surface area contributed by atoms with Gasteiger partial charge in [-0.25, -0.2) is 13.6 Å². The van der Waals surface area contributed by atoms with E-state index in [1.165, 1.54) is 0 Å². The molecule has 7 nitrogen and oxygen atoms in total. The summed E-state index contributed by atoms with van der Waals surface area (Å²) in [7, 11) is 0. The molecule has 1 N–H and O–H groups in total. The lowest BCUT2D eigenvalue weighted by Gasteiger charge is -2.24. The van der Waals surface area contributed by atoms with Crippen LogP contribution in [0.3, 0.4) is 0 Å². The van der Waals surface area contributed by atoms with Gasteiger partial charge in [-0.05, 0) is 57.9 Å². The number of halogens is 2. The van der Waals surface area contributed by atoms with Crippen molar-refractivity contribution in [2.45, 2.75) is 58.8 Å². The van der Waals surface area contributed by atoms with Crippen molar-refractivity contribution in [3.05, 3.63) is 64.9 Å². The third kappa shape index (κ3) is 5.45. The highest BCUT2D eigenvalue weighted by Crippen LogP contribution is 2.34. The van der Waals surface area contributed by atoms with E-state index in [9.17, 15) is 18.4 Å². The Morgan fingerprint density at radius 3 is 2.53 bits per heavy atom. The minimum Gasteiger partial charge on any atom is -0.489 e. The van der Waals surface area contributed by atoms with Crippen LogP contribution < -0.4 is 10.1 Å². The Morgan fingerprint density at radius 2 is 1.86 bits per heavy atom. The first kappa shape index (κ1) is 25.5. The number of alkyl halides is 2. The zero-order valence-corrected chi connectivity index (χ0v) is 21.0. The van der Waals surface area contributed by atoms with Crippen LogP contribution in [-0.4, -0.2) is 47.6 Å². The molecule has 1 saturated heterocycles. The highest BCUT2D eigenvalue weighted by molar-refractivity contribution is 6.08. The van der Waals surface area contributed by atoms with Crippen LogP contribution in [0.4, 0.5) is 13.6 Å². The van der Waals surface area contributed by atoms with E-state index in [-0.39, 0.29) is 12.1 Å². The summed E-state index contributed by atoms with van der Waals surface area (Å²) >= 11 is 0. The zero-order valence-electron chi connectivity index (χ0n) is 21.0. The van der Waals surface area contributed by atoms with E-state index in [1.807, 2.05) is 37.3 Å². The van der Waals surface area contributed by atoms with Crippen LogP contribution in [0, 0.1) is 13.8 Å². The molecule has 9 heteroatoms. The van der Waals surface area contributed by atoms with Crippen LogP contribution in [0.15, 0.2) is 46.9 Å². The first-order chi connectivity index (χ1) is 16.8. The predicted molar refractivity (Wildman–Crippen MR) is 130 cm³/mol. The van der Waals surface area contributed by atoms with Gasteiger partial charge in [-0.2, -0.15) is 0 Å². The van der Waals surface area contributed by atoms with Crippen LogP contribution in [0.2, 0.25) is 0 Å². The number of hydrogen-bond donors (Lipinski definition) is 1. The van der Waals surface area contributed by atoms with E-state index in [4.69, 9.17) is 13.9 Å². The minimum atomic E-state index is -3.32. The van der Waals surface area contributed by atoms with Crippen LogP contribution in [0.1, 0.15) is 48.0 Å². The number of rotatable bonds is 5. The number of hydrogen-bond acceptors (Lipinski definition) is 5. The SMILES string of the molecule is Cc1oc2c(C)cc(OCc3ccccc3)cc2c1C(=O)NC1CN(C(=O)OC(C)(C)C)CC1(F)F. The third-order valence-corrected chi connectivity index (χ3v) is 5.87. The van der Waals surface area contributed by atoms with Crippen LogP contribution in [0.5, 0.6) is 5.75 Å². The maximum absolute atomic E-state index is 14.8. The summed E-state index contributed by atoms with van der Waals surface area (Å²) in [5.41, 5.74) is 1.55. The van der Waals surface area contributed by atoms with E-state index in [1.54, 1.807) is 39.8 Å². The molecule has 2 heterocycles. The van der Waals surface area contributed by atoms with Gasteiger partial charge in [-0.15, -0.1) is 0 Å². The molecule has 4 rings (SSSR count). The Morgan fingerprint density at radius 1 is 1.17 bits per heavy atom. The molecule has 1 fully saturated rings. The van der Waals surface area contributed by atoms with E-state index in [0.717, 1.165) is 16.0 Å². The molecule has 2 aromatic carbocycles. The third-order valence-electron chi connectivity index (χ3n) is 5.87. The van der Waals surface area contributed by atoms with E-state index in [0.29, 0.717) is 29.1 Å². The Balaban J connectivity index is 1.55. The van der Waals surface area contributed by atoms with Gasteiger partial charge in [-0.1, -0.05) is 30.3 Å². The predicted octanol–water partition coefficient (Wildman–Crippen LogP) is 5.61. The molecule has 1 unspecified atom stereocenters. The van der Waals surface area contributed by atoms with Gasteiger partial charge in [0.05, 0.1) is 18.7 Å². The summed E-state index contributed by atoms with van der Waals surface area (Å²) in [6, 6.07) is 11.5. The second kappa shape index (κ2) is 9.44. The van der Waals surface area contributed by atoms with Crippen LogP contribution in [-0.2, 0) is 11.3 Å². The molecule has 0 saturated carbocycles. The standard InChI is InChI=1S/C27H30F2N2O5/c1-16-11-19(34-14-18-9-7-6-8-10-18)12-20-22(17(2)35-23(16)20)24(32)30-21-13-31(15-27(21,28)29)25(33)36-26(3,4)5/h6-12,21H,13-15H2,1-5H3,(H,30,32). The van der Waals surface area contributed by atoms with E-state index in [2.05, 4.69) is 5.32 Å². The lowest BCUT2D eigenvalue weighted by Crippen LogP contribution is -2.46. The highest BCUT2D eigenvalue weighted by Gasteiger charge is 2.51. The van der Waals surface area contributed by atoms with Gasteiger partial charge in [-0.3, -0.25) is 9.69 Å². The van der Waals surface area contributed by atoms with Crippen molar-refractivity contribution < 1.29 is 32.3 Å². The Bertz CT molecular complexity index is 1280. The summed E-state index contributed by atoms with van der Waals surface area (Å²) < 4.78 is 46.4. The van der Waals surface area contributed by atoms with Crippen LogP contribution >= 0.6 is 0 Å². The fraction of sp³-hybridized carbons (Fsp3) is 0.407. The zero-order chi connectivity index (χ0) is 26.3. The van der Waals surface area contributed by atoms with E-state index < -0.39 is 36.1 Å². The molecule has 2 amide bonds. The van der Waals surface area contributed by atoms with Crippen molar-refractivity contribution in [2.24, 2.45) is 0 Å². The molecule has 0 bridgehead atoms. The molecule has 1 atom stereocenters. The Kier molecular flexibility index (Phi) is 6.68. The molecule has 1 aromatic heterocycles. The number of fused-ring (bicyclic) bond motifs is 1. The average molecular weight is 501 g/mol. The molecule has 1 aliphatic heterocycles. The minimum absolute atomic E-state index is 0.157. The molecule has 3 aromatic rings. The fourth-order valence-electron chi connectivity index (χ4n) is 4.19. The number of likely N-dealkylation sites (tertiary alicyclic amines) is 1. The Labute approximate surface area is 208 Å². The summed E-state index contributed by atoms with van der Waals surface area (Å²) in [6.07, 6.45) is -0.848. The number of nitrogens with one attached hydrogen (secondary N) is 1. The van der Waals surface area contributed by atoms with Gasteiger partial charge >= 0.3 is 6.09 Å². The largest absolute Gasteiger partial charge is 0.489 e. The summed E-state index contributed by atoms with van der Waals surface area (Å²) in [4.78, 5) is 26.4. The lowest BCUT2D eigenvalue weighted by atomic mass is 10.1. The lowest BCUT2D eigenvalue weighted by molar-refractivity contribution is -0.0153. The molecule has 1 aliphatic rings. The van der Waals surface area contributed by atoms with Gasteiger partial charge in [0.2, 0.25) is 0 Å². The summed E-state index contributed by atoms with van der Waals surface area (Å²) in [5, 5.41) is 2.88. The van der Waals surface area contributed by atoms with Crippen molar-refractivity contribution in [3.8, 4) is 5.75 Å². The quantitative estimate of drug-likeness (QED) is 0.492. The smallest absolute Gasteiger partial charge is 0.410 e. The number of carbonyl (C=O) groups is 2. The average Bonchev–Trinajstić information content (AvgIpc) is 3.27. The molecular weight excluding hydrogens is 470 g/mol. The fourth-order valence-corrected chi connectivity index (χ4v) is 4.19. The first-order valence-electron chi connectivity index (χ1n) is 11.7. The van der Waals surface area contributed by atoms with Crippen LogP contribution in [0.25, 0.3) is 11.0 Å².